The SMILES string of the molecule is NCCCc1[nH]cnc1C(=O)C(O)C(=O)O. The van der Waals surface area contributed by atoms with Gasteiger partial charge in [-0.25, -0.2) is 9.78 Å². The minimum absolute atomic E-state index is 0.0386. The van der Waals surface area contributed by atoms with E-state index < -0.39 is 17.9 Å². The Hall–Kier alpha value is -1.73. The number of nitrogens with zero attached hydrogens (tertiary/aromatic N) is 1. The van der Waals surface area contributed by atoms with Crippen LogP contribution in [0.4, 0.5) is 0 Å². The maximum absolute atomic E-state index is 11.5. The fourth-order valence-corrected chi connectivity index (χ4v) is 1.24. The number of ketones is 1. The van der Waals surface area contributed by atoms with Gasteiger partial charge in [0.15, 0.2) is 0 Å². The van der Waals surface area contributed by atoms with Crippen LogP contribution in [-0.2, 0) is 11.2 Å². The number of carbonyl (C=O) groups excluding carboxylic acids is 1. The van der Waals surface area contributed by atoms with Crippen LogP contribution in [-0.4, -0.2) is 44.6 Å². The molecule has 0 bridgehead atoms. The number of rotatable bonds is 6. The van der Waals surface area contributed by atoms with Crippen molar-refractivity contribution in [1.82, 2.24) is 9.97 Å². The number of carboxylic acid groups (broad SMARTS) is 1. The molecule has 1 aromatic rings. The number of aliphatic hydroxyl groups is 1. The molecule has 1 rings (SSSR count). The van der Waals surface area contributed by atoms with Gasteiger partial charge in [-0.05, 0) is 19.4 Å². The highest BCUT2D eigenvalue weighted by Crippen LogP contribution is 2.08. The van der Waals surface area contributed by atoms with Crippen LogP contribution in [0.25, 0.3) is 0 Å². The summed E-state index contributed by atoms with van der Waals surface area (Å²) in [5.74, 6) is -2.50. The fraction of sp³-hybridized carbons (Fsp3) is 0.444. The molecular weight excluding hydrogens is 214 g/mol. The normalized spacial score (nSPS) is 12.4. The lowest BCUT2D eigenvalue weighted by molar-refractivity contribution is -0.143. The van der Waals surface area contributed by atoms with Crippen LogP contribution < -0.4 is 5.73 Å². The van der Waals surface area contributed by atoms with E-state index in [1.54, 1.807) is 0 Å². The van der Waals surface area contributed by atoms with Crippen molar-refractivity contribution < 1.29 is 19.8 Å². The van der Waals surface area contributed by atoms with Gasteiger partial charge in [0.25, 0.3) is 0 Å². The monoisotopic (exact) mass is 227 g/mol. The summed E-state index contributed by atoms with van der Waals surface area (Å²) in [4.78, 5) is 28.3. The van der Waals surface area contributed by atoms with Gasteiger partial charge in [0.1, 0.15) is 5.69 Å². The van der Waals surface area contributed by atoms with E-state index >= 15 is 0 Å². The van der Waals surface area contributed by atoms with Gasteiger partial charge in [-0.2, -0.15) is 0 Å². The van der Waals surface area contributed by atoms with Crippen LogP contribution in [0.1, 0.15) is 22.6 Å². The van der Waals surface area contributed by atoms with E-state index in [1.165, 1.54) is 6.33 Å². The van der Waals surface area contributed by atoms with Crippen LogP contribution in [0.5, 0.6) is 0 Å². The maximum atomic E-state index is 11.5. The van der Waals surface area contributed by atoms with Crippen molar-refractivity contribution in [2.45, 2.75) is 18.9 Å². The molecular formula is C9H13N3O4. The molecule has 0 saturated heterocycles. The molecule has 0 aliphatic carbocycles. The van der Waals surface area contributed by atoms with Crippen LogP contribution in [0.2, 0.25) is 0 Å². The highest BCUT2D eigenvalue weighted by atomic mass is 16.4. The van der Waals surface area contributed by atoms with Crippen molar-refractivity contribution in [2.24, 2.45) is 5.73 Å². The Bertz CT molecular complexity index is 388. The van der Waals surface area contributed by atoms with Crippen molar-refractivity contribution >= 4 is 11.8 Å². The van der Waals surface area contributed by atoms with E-state index in [0.717, 1.165) is 0 Å². The molecule has 0 fully saturated rings. The summed E-state index contributed by atoms with van der Waals surface area (Å²) in [6.45, 7) is 0.453. The Morgan fingerprint density at radius 1 is 1.56 bits per heavy atom. The van der Waals surface area contributed by atoms with E-state index in [0.29, 0.717) is 25.1 Å². The van der Waals surface area contributed by atoms with Gasteiger partial charge in [0.05, 0.1) is 6.33 Å². The zero-order valence-corrected chi connectivity index (χ0v) is 8.51. The molecule has 1 aromatic heterocycles. The second kappa shape index (κ2) is 5.38. The van der Waals surface area contributed by atoms with Crippen LogP contribution >= 0.6 is 0 Å². The summed E-state index contributed by atoms with van der Waals surface area (Å²) >= 11 is 0. The molecule has 1 atom stereocenters. The Morgan fingerprint density at radius 2 is 2.25 bits per heavy atom. The van der Waals surface area contributed by atoms with Gasteiger partial charge in [-0.1, -0.05) is 0 Å². The summed E-state index contributed by atoms with van der Waals surface area (Å²) in [7, 11) is 0. The minimum atomic E-state index is -2.07. The number of Topliss-reactive ketones (excluding diaryl/α,β-unsaturated/α-hetero) is 1. The van der Waals surface area contributed by atoms with Crippen molar-refractivity contribution in [1.29, 1.82) is 0 Å². The van der Waals surface area contributed by atoms with Gasteiger partial charge >= 0.3 is 5.97 Å². The smallest absolute Gasteiger partial charge is 0.340 e. The molecule has 0 aliphatic heterocycles. The van der Waals surface area contributed by atoms with E-state index in [4.69, 9.17) is 15.9 Å². The average molecular weight is 227 g/mol. The summed E-state index contributed by atoms with van der Waals surface area (Å²) in [6.07, 6.45) is 0.350. The zero-order valence-electron chi connectivity index (χ0n) is 8.51. The van der Waals surface area contributed by atoms with Gasteiger partial charge in [0, 0.05) is 5.69 Å². The molecule has 0 radical (unpaired) electrons. The number of hydrogen-bond acceptors (Lipinski definition) is 5. The summed E-state index contributed by atoms with van der Waals surface area (Å²) in [6, 6.07) is 0. The number of carbonyl (C=O) groups is 2. The maximum Gasteiger partial charge on any atom is 0.340 e. The molecule has 16 heavy (non-hydrogen) atoms. The molecule has 0 saturated carbocycles. The van der Waals surface area contributed by atoms with E-state index in [1.807, 2.05) is 0 Å². The Labute approximate surface area is 91.3 Å². The lowest BCUT2D eigenvalue weighted by Crippen LogP contribution is -2.30. The topological polar surface area (TPSA) is 129 Å². The number of nitrogens with one attached hydrogen (secondary N) is 1. The van der Waals surface area contributed by atoms with Crippen LogP contribution in [0, 0.1) is 0 Å². The summed E-state index contributed by atoms with van der Waals surface area (Å²) in [5, 5.41) is 17.6. The Kier molecular flexibility index (Phi) is 4.15. The van der Waals surface area contributed by atoms with Gasteiger partial charge in [0.2, 0.25) is 11.9 Å². The van der Waals surface area contributed by atoms with E-state index in [2.05, 4.69) is 9.97 Å². The largest absolute Gasteiger partial charge is 0.479 e. The quantitative estimate of drug-likeness (QED) is 0.361. The van der Waals surface area contributed by atoms with E-state index in [-0.39, 0.29) is 5.69 Å². The third-order valence-electron chi connectivity index (χ3n) is 2.06. The predicted octanol–water partition coefficient (Wildman–Crippen LogP) is -1.07. The second-order valence-electron chi connectivity index (χ2n) is 3.23. The lowest BCUT2D eigenvalue weighted by atomic mass is 10.1. The molecule has 1 unspecified atom stereocenters. The Morgan fingerprint density at radius 3 is 2.81 bits per heavy atom. The molecule has 7 nitrogen and oxygen atoms in total. The first kappa shape index (κ1) is 12.3. The van der Waals surface area contributed by atoms with Gasteiger partial charge in [-0.3, -0.25) is 4.79 Å². The van der Waals surface area contributed by atoms with E-state index in [9.17, 15) is 9.59 Å². The summed E-state index contributed by atoms with van der Waals surface area (Å²) in [5.41, 5.74) is 5.77. The third-order valence-corrected chi connectivity index (χ3v) is 2.06. The second-order valence-corrected chi connectivity index (χ2v) is 3.23. The van der Waals surface area contributed by atoms with Crippen molar-refractivity contribution in [3.63, 3.8) is 0 Å². The fourth-order valence-electron chi connectivity index (χ4n) is 1.24. The van der Waals surface area contributed by atoms with Gasteiger partial charge < -0.3 is 20.9 Å². The number of aliphatic hydroxyl groups excluding tert-OH is 1. The Balaban J connectivity index is 2.83. The van der Waals surface area contributed by atoms with Crippen molar-refractivity contribution in [3.05, 3.63) is 17.7 Å². The molecule has 88 valence electrons. The number of carboxylic acids is 1. The first-order valence-electron chi connectivity index (χ1n) is 4.75. The standard InChI is InChI=1S/C9H13N3O4/c10-3-1-2-5-6(12-4-11-5)7(13)8(14)9(15)16/h4,8,14H,1-3,10H2,(H,11,12)(H,15,16). The molecule has 0 aliphatic rings. The molecule has 7 heteroatoms. The molecule has 0 amide bonds. The highest BCUT2D eigenvalue weighted by molar-refractivity contribution is 6.09. The number of nitrogens with two attached hydrogens (primary N) is 1. The third kappa shape index (κ3) is 2.65. The first-order valence-corrected chi connectivity index (χ1v) is 4.75. The molecule has 5 N–H and O–H groups in total. The molecule has 0 aromatic carbocycles. The number of aliphatic carboxylic acids is 1. The van der Waals surface area contributed by atoms with Crippen LogP contribution in [0.3, 0.4) is 0 Å². The highest BCUT2D eigenvalue weighted by Gasteiger charge is 2.27. The first-order chi connectivity index (χ1) is 7.57. The van der Waals surface area contributed by atoms with Crippen LogP contribution in [0.15, 0.2) is 6.33 Å². The number of aryl methyl sites for hydroxylation is 1. The summed E-state index contributed by atoms with van der Waals surface area (Å²) < 4.78 is 0. The predicted molar refractivity (Wildman–Crippen MR) is 53.9 cm³/mol. The zero-order chi connectivity index (χ0) is 12.1. The molecule has 1 heterocycles. The number of aromatic amines is 1. The number of hydrogen-bond donors (Lipinski definition) is 4. The van der Waals surface area contributed by atoms with Crippen molar-refractivity contribution in [3.8, 4) is 0 Å². The minimum Gasteiger partial charge on any atom is -0.479 e. The molecule has 0 spiro atoms. The average Bonchev–Trinajstić information content (AvgIpc) is 2.72. The van der Waals surface area contributed by atoms with Crippen molar-refractivity contribution in [2.75, 3.05) is 6.54 Å². The number of imidazole rings is 1. The number of aromatic nitrogens is 2. The number of H-pyrrole nitrogens is 1. The lowest BCUT2D eigenvalue weighted by Gasteiger charge is -2.04. The van der Waals surface area contributed by atoms with Gasteiger partial charge in [-0.15, -0.1) is 0 Å².